The molecule has 2 atom stereocenters. The molecule has 0 saturated carbocycles. The van der Waals surface area contributed by atoms with E-state index >= 15 is 0 Å². The summed E-state index contributed by atoms with van der Waals surface area (Å²) in [5.41, 5.74) is -0.0146. The highest BCUT2D eigenvalue weighted by Crippen LogP contribution is 2.30. The quantitative estimate of drug-likeness (QED) is 0.686. The second-order valence-electron chi connectivity index (χ2n) is 6.02. The Morgan fingerprint density at radius 2 is 2.18 bits per heavy atom. The molecular formula is C13H26N2O2. The van der Waals surface area contributed by atoms with Crippen LogP contribution in [0.4, 0.5) is 0 Å². The highest BCUT2D eigenvalue weighted by atomic mass is 16.3. The van der Waals surface area contributed by atoms with Crippen molar-refractivity contribution >= 4 is 5.91 Å². The lowest BCUT2D eigenvalue weighted by Gasteiger charge is -2.39. The van der Waals surface area contributed by atoms with Gasteiger partial charge in [0, 0.05) is 0 Å². The van der Waals surface area contributed by atoms with Crippen molar-refractivity contribution in [2.45, 2.75) is 52.6 Å². The van der Waals surface area contributed by atoms with Gasteiger partial charge in [-0.3, -0.25) is 4.79 Å². The Kier molecular flexibility index (Phi) is 4.95. The van der Waals surface area contributed by atoms with Crippen LogP contribution in [-0.4, -0.2) is 36.2 Å². The normalized spacial score (nSPS) is 25.6. The van der Waals surface area contributed by atoms with Gasteiger partial charge in [-0.1, -0.05) is 27.7 Å². The summed E-state index contributed by atoms with van der Waals surface area (Å²) in [6.07, 6.45) is 2.17. The smallest absolute Gasteiger partial charge is 0.237 e. The molecule has 17 heavy (non-hydrogen) atoms. The van der Waals surface area contributed by atoms with Crippen molar-refractivity contribution in [2.75, 3.05) is 13.2 Å². The van der Waals surface area contributed by atoms with Gasteiger partial charge in [0.05, 0.1) is 18.7 Å². The maximum absolute atomic E-state index is 12.2. The average molecular weight is 242 g/mol. The Balaban J connectivity index is 2.62. The lowest BCUT2D eigenvalue weighted by Crippen LogP contribution is -2.58. The third-order valence-electron chi connectivity index (χ3n) is 3.72. The van der Waals surface area contributed by atoms with E-state index in [0.717, 1.165) is 19.4 Å². The van der Waals surface area contributed by atoms with E-state index in [4.69, 9.17) is 0 Å². The van der Waals surface area contributed by atoms with Crippen molar-refractivity contribution in [3.63, 3.8) is 0 Å². The Hall–Kier alpha value is -0.610. The topological polar surface area (TPSA) is 61.4 Å². The second-order valence-corrected chi connectivity index (χ2v) is 6.02. The molecule has 1 rings (SSSR count). The van der Waals surface area contributed by atoms with E-state index in [1.165, 1.54) is 0 Å². The number of hydrogen-bond donors (Lipinski definition) is 3. The Morgan fingerprint density at radius 3 is 2.65 bits per heavy atom. The SMILES string of the molecule is CC(C)C(CO)NC(=O)C1NCCCC1(C)C. The summed E-state index contributed by atoms with van der Waals surface area (Å²) in [6.45, 7) is 9.13. The molecule has 3 N–H and O–H groups in total. The van der Waals surface area contributed by atoms with Gasteiger partial charge in [-0.2, -0.15) is 0 Å². The molecule has 1 amide bonds. The molecule has 1 saturated heterocycles. The van der Waals surface area contributed by atoms with E-state index in [0.29, 0.717) is 0 Å². The Morgan fingerprint density at radius 1 is 1.53 bits per heavy atom. The van der Waals surface area contributed by atoms with E-state index in [2.05, 4.69) is 24.5 Å². The summed E-state index contributed by atoms with van der Waals surface area (Å²) in [5.74, 6) is 0.262. The van der Waals surface area contributed by atoms with Crippen LogP contribution in [0.2, 0.25) is 0 Å². The van der Waals surface area contributed by atoms with Gasteiger partial charge in [0.2, 0.25) is 5.91 Å². The molecule has 4 nitrogen and oxygen atoms in total. The summed E-state index contributed by atoms with van der Waals surface area (Å²) in [5, 5.41) is 15.5. The molecule has 100 valence electrons. The molecule has 0 radical (unpaired) electrons. The van der Waals surface area contributed by atoms with Gasteiger partial charge in [-0.15, -0.1) is 0 Å². The average Bonchev–Trinajstić information content (AvgIpc) is 2.24. The number of carbonyl (C=O) groups is 1. The molecular weight excluding hydrogens is 216 g/mol. The van der Waals surface area contributed by atoms with Gasteiger partial charge in [0.15, 0.2) is 0 Å². The predicted molar refractivity (Wildman–Crippen MR) is 68.7 cm³/mol. The molecule has 0 bridgehead atoms. The maximum Gasteiger partial charge on any atom is 0.237 e. The molecule has 0 spiro atoms. The summed E-state index contributed by atoms with van der Waals surface area (Å²) in [7, 11) is 0. The highest BCUT2D eigenvalue weighted by Gasteiger charge is 2.37. The first-order valence-corrected chi connectivity index (χ1v) is 6.53. The van der Waals surface area contributed by atoms with E-state index < -0.39 is 0 Å². The molecule has 1 heterocycles. The van der Waals surface area contributed by atoms with E-state index in [1.807, 2.05) is 13.8 Å². The van der Waals surface area contributed by atoms with Gasteiger partial charge in [-0.25, -0.2) is 0 Å². The van der Waals surface area contributed by atoms with E-state index in [-0.39, 0.29) is 35.9 Å². The van der Waals surface area contributed by atoms with Gasteiger partial charge >= 0.3 is 0 Å². The summed E-state index contributed by atoms with van der Waals surface area (Å²) in [6, 6.07) is -0.300. The van der Waals surface area contributed by atoms with Crippen molar-refractivity contribution in [1.29, 1.82) is 0 Å². The second kappa shape index (κ2) is 5.83. The van der Waals surface area contributed by atoms with Crippen LogP contribution < -0.4 is 10.6 Å². The number of aliphatic hydroxyl groups is 1. The fourth-order valence-electron chi connectivity index (χ4n) is 2.35. The summed E-state index contributed by atoms with van der Waals surface area (Å²) >= 11 is 0. The minimum absolute atomic E-state index is 0.00342. The van der Waals surface area contributed by atoms with Crippen molar-refractivity contribution in [3.05, 3.63) is 0 Å². The van der Waals surface area contributed by atoms with Crippen molar-refractivity contribution in [1.82, 2.24) is 10.6 Å². The van der Waals surface area contributed by atoms with Gasteiger partial charge < -0.3 is 15.7 Å². The first-order chi connectivity index (χ1) is 7.88. The first kappa shape index (κ1) is 14.5. The van der Waals surface area contributed by atoms with Crippen LogP contribution in [0.15, 0.2) is 0 Å². The number of amides is 1. The fraction of sp³-hybridized carbons (Fsp3) is 0.923. The Labute approximate surface area is 104 Å². The zero-order valence-corrected chi connectivity index (χ0v) is 11.4. The van der Waals surface area contributed by atoms with Gasteiger partial charge in [-0.05, 0) is 30.7 Å². The van der Waals surface area contributed by atoms with Crippen LogP contribution in [0.5, 0.6) is 0 Å². The van der Waals surface area contributed by atoms with Crippen molar-refractivity contribution in [3.8, 4) is 0 Å². The largest absolute Gasteiger partial charge is 0.394 e. The lowest BCUT2D eigenvalue weighted by molar-refractivity contribution is -0.128. The molecule has 1 aliphatic heterocycles. The van der Waals surface area contributed by atoms with Gasteiger partial charge in [0.1, 0.15) is 0 Å². The zero-order chi connectivity index (χ0) is 13.1. The van der Waals surface area contributed by atoms with Crippen molar-refractivity contribution < 1.29 is 9.90 Å². The van der Waals surface area contributed by atoms with Crippen LogP contribution in [0.3, 0.4) is 0 Å². The fourth-order valence-corrected chi connectivity index (χ4v) is 2.35. The maximum atomic E-state index is 12.2. The molecule has 0 aliphatic carbocycles. The number of piperidine rings is 1. The summed E-state index contributed by atoms with van der Waals surface area (Å²) < 4.78 is 0. The number of nitrogens with one attached hydrogen (secondary N) is 2. The Bertz CT molecular complexity index is 264. The van der Waals surface area contributed by atoms with Crippen LogP contribution in [-0.2, 0) is 4.79 Å². The monoisotopic (exact) mass is 242 g/mol. The van der Waals surface area contributed by atoms with Crippen LogP contribution in [0, 0.1) is 11.3 Å². The summed E-state index contributed by atoms with van der Waals surface area (Å²) in [4.78, 5) is 12.2. The van der Waals surface area contributed by atoms with E-state index in [9.17, 15) is 9.90 Å². The first-order valence-electron chi connectivity index (χ1n) is 6.53. The van der Waals surface area contributed by atoms with Crippen LogP contribution >= 0.6 is 0 Å². The van der Waals surface area contributed by atoms with Gasteiger partial charge in [0.25, 0.3) is 0 Å². The minimum atomic E-state index is -0.151. The molecule has 4 heteroatoms. The number of aliphatic hydroxyl groups excluding tert-OH is 1. The van der Waals surface area contributed by atoms with Crippen molar-refractivity contribution in [2.24, 2.45) is 11.3 Å². The number of hydrogen-bond acceptors (Lipinski definition) is 3. The minimum Gasteiger partial charge on any atom is -0.394 e. The third-order valence-corrected chi connectivity index (χ3v) is 3.72. The highest BCUT2D eigenvalue weighted by molar-refractivity contribution is 5.83. The molecule has 1 aliphatic rings. The predicted octanol–water partition coefficient (Wildman–Crippen LogP) is 0.898. The molecule has 0 aromatic rings. The standard InChI is InChI=1S/C13H26N2O2/c1-9(2)10(8-16)15-12(17)11-13(3,4)6-5-7-14-11/h9-11,14,16H,5-8H2,1-4H3,(H,15,17). The third kappa shape index (κ3) is 3.68. The molecule has 2 unspecified atom stereocenters. The molecule has 1 fully saturated rings. The molecule has 0 aromatic carbocycles. The molecule has 0 aromatic heterocycles. The lowest BCUT2D eigenvalue weighted by atomic mass is 9.77. The van der Waals surface area contributed by atoms with Crippen LogP contribution in [0.25, 0.3) is 0 Å². The number of carbonyl (C=O) groups excluding carboxylic acids is 1. The zero-order valence-electron chi connectivity index (χ0n) is 11.4. The van der Waals surface area contributed by atoms with Crippen LogP contribution in [0.1, 0.15) is 40.5 Å². The number of rotatable bonds is 4. The van der Waals surface area contributed by atoms with E-state index in [1.54, 1.807) is 0 Å².